The van der Waals surface area contributed by atoms with Gasteiger partial charge in [0.1, 0.15) is 11.2 Å². The zero-order valence-corrected chi connectivity index (χ0v) is 11.5. The first kappa shape index (κ1) is 14.1. The normalized spacial score (nSPS) is 19.3. The molecule has 0 bridgehead atoms. The molecule has 1 saturated heterocycles. The van der Waals surface area contributed by atoms with Gasteiger partial charge in [-0.3, -0.25) is 4.79 Å². The molecular weight excluding hydrogens is 291 g/mol. The summed E-state index contributed by atoms with van der Waals surface area (Å²) in [4.78, 5) is 28.7. The molecule has 19 heavy (non-hydrogen) atoms. The van der Waals surface area contributed by atoms with E-state index in [0.29, 0.717) is 13.0 Å². The van der Waals surface area contributed by atoms with Gasteiger partial charge in [0.05, 0.1) is 10.6 Å². The summed E-state index contributed by atoms with van der Waals surface area (Å²) in [6, 6.07) is 0.559. The predicted molar refractivity (Wildman–Crippen MR) is 70.6 cm³/mol. The lowest BCUT2D eigenvalue weighted by atomic mass is 10.0. The van der Waals surface area contributed by atoms with Crippen molar-refractivity contribution in [2.45, 2.75) is 25.3 Å². The van der Waals surface area contributed by atoms with Crippen molar-refractivity contribution in [1.29, 1.82) is 0 Å². The minimum Gasteiger partial charge on any atom is -0.480 e. The molecule has 1 aromatic heterocycles. The van der Waals surface area contributed by atoms with Gasteiger partial charge in [0.15, 0.2) is 0 Å². The van der Waals surface area contributed by atoms with Crippen molar-refractivity contribution >= 4 is 35.1 Å². The molecule has 1 unspecified atom stereocenters. The van der Waals surface area contributed by atoms with Crippen LogP contribution in [0.4, 0.5) is 0 Å². The van der Waals surface area contributed by atoms with E-state index in [0.717, 1.165) is 12.8 Å². The SMILES string of the molecule is O=C(O)C1CCCCN1C(=O)c1cc(Cl)ncc1Cl. The molecule has 0 aliphatic carbocycles. The molecule has 1 aliphatic heterocycles. The highest BCUT2D eigenvalue weighted by atomic mass is 35.5. The van der Waals surface area contributed by atoms with Crippen LogP contribution in [-0.2, 0) is 4.79 Å². The Bertz CT molecular complexity index is 522. The molecule has 1 N–H and O–H groups in total. The fraction of sp³-hybridized carbons (Fsp3) is 0.417. The number of carboxylic acid groups (broad SMARTS) is 1. The molecule has 0 saturated carbocycles. The van der Waals surface area contributed by atoms with Crippen LogP contribution >= 0.6 is 23.2 Å². The number of hydrogen-bond acceptors (Lipinski definition) is 3. The summed E-state index contributed by atoms with van der Waals surface area (Å²) in [5.41, 5.74) is 0.190. The number of pyridine rings is 1. The Kier molecular flexibility index (Phi) is 4.27. The average Bonchev–Trinajstić information content (AvgIpc) is 2.40. The Morgan fingerprint density at radius 1 is 1.37 bits per heavy atom. The third-order valence-corrected chi connectivity index (χ3v) is 3.61. The average molecular weight is 303 g/mol. The molecule has 102 valence electrons. The van der Waals surface area contributed by atoms with Gasteiger partial charge in [-0.25, -0.2) is 9.78 Å². The van der Waals surface area contributed by atoms with Crippen LogP contribution in [0, 0.1) is 0 Å². The van der Waals surface area contributed by atoms with E-state index in [2.05, 4.69) is 4.98 Å². The second kappa shape index (κ2) is 5.75. The topological polar surface area (TPSA) is 70.5 Å². The van der Waals surface area contributed by atoms with Crippen LogP contribution in [0.5, 0.6) is 0 Å². The summed E-state index contributed by atoms with van der Waals surface area (Å²) in [5, 5.41) is 9.48. The molecule has 1 aliphatic rings. The highest BCUT2D eigenvalue weighted by Crippen LogP contribution is 2.24. The summed E-state index contributed by atoms with van der Waals surface area (Å²) >= 11 is 11.7. The molecule has 2 rings (SSSR count). The van der Waals surface area contributed by atoms with Gasteiger partial charge >= 0.3 is 5.97 Å². The number of carboxylic acids is 1. The van der Waals surface area contributed by atoms with Gasteiger partial charge in [-0.15, -0.1) is 0 Å². The molecule has 0 radical (unpaired) electrons. The summed E-state index contributed by atoms with van der Waals surface area (Å²) in [6.07, 6.45) is 3.33. The summed E-state index contributed by atoms with van der Waals surface area (Å²) in [6.45, 7) is 0.409. The van der Waals surface area contributed by atoms with Gasteiger partial charge in [0, 0.05) is 12.7 Å². The van der Waals surface area contributed by atoms with Gasteiger partial charge in [-0.05, 0) is 25.3 Å². The zero-order chi connectivity index (χ0) is 14.0. The van der Waals surface area contributed by atoms with E-state index in [1.54, 1.807) is 0 Å². The van der Waals surface area contributed by atoms with E-state index in [-0.39, 0.29) is 15.7 Å². The number of amides is 1. The van der Waals surface area contributed by atoms with Gasteiger partial charge in [-0.2, -0.15) is 0 Å². The molecular formula is C12H12Cl2N2O3. The Balaban J connectivity index is 2.31. The van der Waals surface area contributed by atoms with Crippen LogP contribution in [0.25, 0.3) is 0 Å². The first-order valence-corrected chi connectivity index (χ1v) is 6.61. The van der Waals surface area contributed by atoms with Crippen molar-refractivity contribution in [3.8, 4) is 0 Å². The molecule has 0 aromatic carbocycles. The number of nitrogens with zero attached hydrogens (tertiary/aromatic N) is 2. The molecule has 2 heterocycles. The number of carbonyl (C=O) groups excluding carboxylic acids is 1. The van der Waals surface area contributed by atoms with E-state index in [9.17, 15) is 9.59 Å². The minimum atomic E-state index is -0.996. The number of aliphatic carboxylic acids is 1. The highest BCUT2D eigenvalue weighted by Gasteiger charge is 2.33. The van der Waals surface area contributed by atoms with E-state index in [1.807, 2.05) is 0 Å². The largest absolute Gasteiger partial charge is 0.480 e. The van der Waals surface area contributed by atoms with Crippen LogP contribution in [0.3, 0.4) is 0 Å². The van der Waals surface area contributed by atoms with Crippen molar-refractivity contribution in [3.05, 3.63) is 28.0 Å². The van der Waals surface area contributed by atoms with E-state index in [4.69, 9.17) is 28.3 Å². The summed E-state index contributed by atoms with van der Waals surface area (Å²) in [7, 11) is 0. The first-order chi connectivity index (χ1) is 9.00. The Morgan fingerprint density at radius 3 is 2.79 bits per heavy atom. The molecule has 1 aromatic rings. The Hall–Kier alpha value is -1.33. The second-order valence-electron chi connectivity index (χ2n) is 4.34. The number of halogens is 2. The third-order valence-electron chi connectivity index (χ3n) is 3.10. The monoisotopic (exact) mass is 302 g/mol. The van der Waals surface area contributed by atoms with Gasteiger partial charge in [0.25, 0.3) is 5.91 Å². The molecule has 1 amide bonds. The summed E-state index contributed by atoms with van der Waals surface area (Å²) < 4.78 is 0. The van der Waals surface area contributed by atoms with E-state index >= 15 is 0 Å². The van der Waals surface area contributed by atoms with Gasteiger partial charge < -0.3 is 10.0 Å². The fourth-order valence-corrected chi connectivity index (χ4v) is 2.51. The van der Waals surface area contributed by atoms with Crippen LogP contribution in [0.1, 0.15) is 29.6 Å². The zero-order valence-electron chi connectivity index (χ0n) is 9.97. The third kappa shape index (κ3) is 2.98. The molecule has 7 heteroatoms. The lowest BCUT2D eigenvalue weighted by molar-refractivity contribution is -0.143. The van der Waals surface area contributed by atoms with Gasteiger partial charge in [-0.1, -0.05) is 23.2 Å². The van der Waals surface area contributed by atoms with Crippen molar-refractivity contribution < 1.29 is 14.7 Å². The molecule has 5 nitrogen and oxygen atoms in total. The standard InChI is InChI=1S/C12H12Cl2N2O3/c13-8-6-15-10(14)5-7(8)11(17)16-4-2-1-3-9(16)12(18)19/h5-6,9H,1-4H2,(H,18,19). The predicted octanol–water partition coefficient (Wildman–Crippen LogP) is 2.47. The maximum atomic E-state index is 12.4. The smallest absolute Gasteiger partial charge is 0.326 e. The second-order valence-corrected chi connectivity index (χ2v) is 5.13. The number of piperidine rings is 1. The lowest BCUT2D eigenvalue weighted by Gasteiger charge is -2.33. The highest BCUT2D eigenvalue weighted by molar-refractivity contribution is 6.35. The fourth-order valence-electron chi connectivity index (χ4n) is 2.16. The molecule has 1 atom stereocenters. The molecule has 1 fully saturated rings. The number of aromatic nitrogens is 1. The maximum absolute atomic E-state index is 12.4. The van der Waals surface area contributed by atoms with Crippen molar-refractivity contribution in [2.24, 2.45) is 0 Å². The van der Waals surface area contributed by atoms with E-state index < -0.39 is 17.9 Å². The Labute approximate surface area is 120 Å². The number of rotatable bonds is 2. The van der Waals surface area contributed by atoms with Crippen LogP contribution in [0.2, 0.25) is 10.2 Å². The van der Waals surface area contributed by atoms with Crippen LogP contribution in [-0.4, -0.2) is 39.5 Å². The lowest BCUT2D eigenvalue weighted by Crippen LogP contribution is -2.48. The minimum absolute atomic E-state index is 0.150. The van der Waals surface area contributed by atoms with Crippen molar-refractivity contribution in [1.82, 2.24) is 9.88 Å². The number of carbonyl (C=O) groups is 2. The number of likely N-dealkylation sites (tertiary alicyclic amines) is 1. The number of hydrogen-bond donors (Lipinski definition) is 1. The first-order valence-electron chi connectivity index (χ1n) is 5.85. The van der Waals surface area contributed by atoms with Crippen LogP contribution in [0.15, 0.2) is 12.3 Å². The van der Waals surface area contributed by atoms with Crippen molar-refractivity contribution in [2.75, 3.05) is 6.54 Å². The Morgan fingerprint density at radius 2 is 2.11 bits per heavy atom. The van der Waals surface area contributed by atoms with Crippen LogP contribution < -0.4 is 0 Å². The molecule has 0 spiro atoms. The quantitative estimate of drug-likeness (QED) is 0.852. The van der Waals surface area contributed by atoms with Crippen molar-refractivity contribution in [3.63, 3.8) is 0 Å². The van der Waals surface area contributed by atoms with E-state index in [1.165, 1.54) is 17.2 Å². The maximum Gasteiger partial charge on any atom is 0.326 e. The summed E-state index contributed by atoms with van der Waals surface area (Å²) in [5.74, 6) is -1.41. The van der Waals surface area contributed by atoms with Gasteiger partial charge in [0.2, 0.25) is 0 Å².